The van der Waals surface area contributed by atoms with Crippen LogP contribution in [0.4, 0.5) is 4.79 Å². The van der Waals surface area contributed by atoms with E-state index in [0.29, 0.717) is 0 Å². The van der Waals surface area contributed by atoms with Gasteiger partial charge in [0.05, 0.1) is 0 Å². The molecule has 0 bridgehead atoms. The molecule has 0 aliphatic rings. The van der Waals surface area contributed by atoms with Crippen molar-refractivity contribution >= 4 is 33.9 Å². The first-order valence-corrected chi connectivity index (χ1v) is 10.3. The van der Waals surface area contributed by atoms with Gasteiger partial charge in [0.25, 0.3) is 0 Å². The number of hydrogen-bond donors (Lipinski definition) is 3. The van der Waals surface area contributed by atoms with Gasteiger partial charge < -0.3 is 20.5 Å². The van der Waals surface area contributed by atoms with Crippen LogP contribution in [0, 0.1) is 5.92 Å². The van der Waals surface area contributed by atoms with Crippen molar-refractivity contribution in [1.82, 2.24) is 10.6 Å². The number of hydrogen-bond acceptors (Lipinski definition) is 4. The standard InChI is InChI=1S/C22H25BrN2O5/c1-14(2)19(25-22(29)30-13-15-7-4-3-5-8-15)20(26)24-18(21(27)28)12-16-9-6-10-17(23)11-16/h3-11,14,18-19H,12-13H2,1-2H3,(H,24,26)(H,25,29)(H,27,28)/t18-,19-/m0/s1. The van der Waals surface area contributed by atoms with Crippen molar-refractivity contribution in [3.05, 3.63) is 70.2 Å². The molecule has 0 saturated carbocycles. The maximum absolute atomic E-state index is 12.7. The van der Waals surface area contributed by atoms with Gasteiger partial charge in [-0.05, 0) is 29.2 Å². The van der Waals surface area contributed by atoms with Crippen LogP contribution in [0.1, 0.15) is 25.0 Å². The van der Waals surface area contributed by atoms with Gasteiger partial charge in [-0.15, -0.1) is 0 Å². The zero-order chi connectivity index (χ0) is 22.1. The summed E-state index contributed by atoms with van der Waals surface area (Å²) in [5, 5.41) is 14.6. The number of nitrogens with one attached hydrogen (secondary N) is 2. The SMILES string of the molecule is CC(C)[C@H](NC(=O)OCc1ccccc1)C(=O)N[C@@H](Cc1cccc(Br)c1)C(=O)O. The van der Waals surface area contributed by atoms with Crippen molar-refractivity contribution in [3.63, 3.8) is 0 Å². The Morgan fingerprint density at radius 3 is 2.27 bits per heavy atom. The lowest BCUT2D eigenvalue weighted by molar-refractivity contribution is -0.142. The molecule has 2 aromatic rings. The lowest BCUT2D eigenvalue weighted by Gasteiger charge is -2.24. The van der Waals surface area contributed by atoms with E-state index < -0.39 is 30.1 Å². The van der Waals surface area contributed by atoms with Crippen molar-refractivity contribution in [2.45, 2.75) is 39.0 Å². The molecule has 0 fully saturated rings. The number of alkyl carbamates (subject to hydrolysis) is 1. The second kappa shape index (κ2) is 11.3. The number of amides is 2. The Kier molecular flexibility index (Phi) is 8.86. The number of halogens is 1. The highest BCUT2D eigenvalue weighted by molar-refractivity contribution is 9.10. The van der Waals surface area contributed by atoms with E-state index in [4.69, 9.17) is 4.74 Å². The molecule has 0 aromatic heterocycles. The van der Waals surface area contributed by atoms with Crippen LogP contribution in [0.5, 0.6) is 0 Å². The van der Waals surface area contributed by atoms with Crippen LogP contribution in [-0.2, 0) is 27.4 Å². The van der Waals surface area contributed by atoms with E-state index in [9.17, 15) is 19.5 Å². The quantitative estimate of drug-likeness (QED) is 0.513. The highest BCUT2D eigenvalue weighted by Gasteiger charge is 2.29. The summed E-state index contributed by atoms with van der Waals surface area (Å²) in [4.78, 5) is 36.5. The molecule has 8 heteroatoms. The summed E-state index contributed by atoms with van der Waals surface area (Å²) < 4.78 is 5.99. The summed E-state index contributed by atoms with van der Waals surface area (Å²) in [7, 11) is 0. The van der Waals surface area contributed by atoms with Crippen LogP contribution in [-0.4, -0.2) is 35.2 Å². The highest BCUT2D eigenvalue weighted by atomic mass is 79.9. The topological polar surface area (TPSA) is 105 Å². The minimum absolute atomic E-state index is 0.0692. The smallest absolute Gasteiger partial charge is 0.408 e. The fourth-order valence-corrected chi connectivity index (χ4v) is 3.23. The van der Waals surface area contributed by atoms with Gasteiger partial charge in [0.15, 0.2) is 0 Å². The molecule has 7 nitrogen and oxygen atoms in total. The third kappa shape index (κ3) is 7.51. The van der Waals surface area contributed by atoms with Crippen LogP contribution in [0.3, 0.4) is 0 Å². The highest BCUT2D eigenvalue weighted by Crippen LogP contribution is 2.14. The summed E-state index contributed by atoms with van der Waals surface area (Å²) in [5.41, 5.74) is 1.58. The summed E-state index contributed by atoms with van der Waals surface area (Å²) in [6, 6.07) is 14.3. The molecular formula is C22H25BrN2O5. The van der Waals surface area contributed by atoms with Gasteiger partial charge in [-0.25, -0.2) is 9.59 Å². The van der Waals surface area contributed by atoms with Gasteiger partial charge in [-0.2, -0.15) is 0 Å². The van der Waals surface area contributed by atoms with Crippen molar-refractivity contribution < 1.29 is 24.2 Å². The van der Waals surface area contributed by atoms with E-state index in [1.807, 2.05) is 36.4 Å². The molecule has 0 spiro atoms. The van der Waals surface area contributed by atoms with Crippen LogP contribution < -0.4 is 10.6 Å². The number of aliphatic carboxylic acids is 1. The molecule has 2 amide bonds. The van der Waals surface area contributed by atoms with Gasteiger partial charge >= 0.3 is 12.1 Å². The zero-order valence-electron chi connectivity index (χ0n) is 16.8. The van der Waals surface area contributed by atoms with Gasteiger partial charge in [-0.1, -0.05) is 72.2 Å². The third-order valence-electron chi connectivity index (χ3n) is 4.38. The van der Waals surface area contributed by atoms with Crippen molar-refractivity contribution in [1.29, 1.82) is 0 Å². The fourth-order valence-electron chi connectivity index (χ4n) is 2.79. The number of rotatable bonds is 9. The maximum atomic E-state index is 12.7. The molecule has 0 unspecified atom stereocenters. The van der Waals surface area contributed by atoms with E-state index in [1.54, 1.807) is 32.0 Å². The first-order valence-electron chi connectivity index (χ1n) is 9.51. The Labute approximate surface area is 183 Å². The summed E-state index contributed by atoms with van der Waals surface area (Å²) in [6.07, 6.45) is -0.629. The van der Waals surface area contributed by atoms with Gasteiger partial charge in [0.1, 0.15) is 18.7 Å². The molecular weight excluding hydrogens is 452 g/mol. The minimum Gasteiger partial charge on any atom is -0.480 e. The van der Waals surface area contributed by atoms with Crippen molar-refractivity contribution in [2.75, 3.05) is 0 Å². The van der Waals surface area contributed by atoms with E-state index in [-0.39, 0.29) is 18.9 Å². The number of carbonyl (C=O) groups excluding carboxylic acids is 2. The average molecular weight is 477 g/mol. The maximum Gasteiger partial charge on any atom is 0.408 e. The molecule has 0 saturated heterocycles. The molecule has 0 heterocycles. The van der Waals surface area contributed by atoms with Gasteiger partial charge in [0, 0.05) is 10.9 Å². The lowest BCUT2D eigenvalue weighted by Crippen LogP contribution is -2.54. The Morgan fingerprint density at radius 2 is 1.67 bits per heavy atom. The summed E-state index contributed by atoms with van der Waals surface area (Å²) in [6.45, 7) is 3.58. The molecule has 30 heavy (non-hydrogen) atoms. The largest absolute Gasteiger partial charge is 0.480 e. The minimum atomic E-state index is -1.16. The average Bonchev–Trinajstić information content (AvgIpc) is 2.70. The molecule has 0 aliphatic heterocycles. The predicted molar refractivity (Wildman–Crippen MR) is 116 cm³/mol. The molecule has 0 aliphatic carbocycles. The number of ether oxygens (including phenoxy) is 1. The third-order valence-corrected chi connectivity index (χ3v) is 4.87. The molecule has 2 rings (SSSR count). The molecule has 2 atom stereocenters. The molecule has 160 valence electrons. The second-order valence-corrected chi connectivity index (χ2v) is 8.08. The fraction of sp³-hybridized carbons (Fsp3) is 0.318. The number of carboxylic acid groups (broad SMARTS) is 1. The first-order chi connectivity index (χ1) is 14.3. The van der Waals surface area contributed by atoms with Crippen LogP contribution >= 0.6 is 15.9 Å². The molecule has 3 N–H and O–H groups in total. The Morgan fingerprint density at radius 1 is 1.00 bits per heavy atom. The molecule has 2 aromatic carbocycles. The summed E-state index contributed by atoms with van der Waals surface area (Å²) >= 11 is 3.34. The number of benzene rings is 2. The van der Waals surface area contributed by atoms with Crippen LogP contribution in [0.2, 0.25) is 0 Å². The van der Waals surface area contributed by atoms with E-state index in [1.165, 1.54) is 0 Å². The number of carbonyl (C=O) groups is 3. The monoisotopic (exact) mass is 476 g/mol. The Balaban J connectivity index is 1.98. The van der Waals surface area contributed by atoms with Crippen molar-refractivity contribution in [3.8, 4) is 0 Å². The van der Waals surface area contributed by atoms with Gasteiger partial charge in [0.2, 0.25) is 5.91 Å². The normalized spacial score (nSPS) is 12.7. The van der Waals surface area contributed by atoms with Crippen LogP contribution in [0.25, 0.3) is 0 Å². The summed E-state index contributed by atoms with van der Waals surface area (Å²) in [5.74, 6) is -2.00. The van der Waals surface area contributed by atoms with E-state index >= 15 is 0 Å². The van der Waals surface area contributed by atoms with Gasteiger partial charge in [-0.3, -0.25) is 4.79 Å². The van der Waals surface area contributed by atoms with Crippen molar-refractivity contribution in [2.24, 2.45) is 5.92 Å². The second-order valence-electron chi connectivity index (χ2n) is 7.16. The predicted octanol–water partition coefficient (Wildman–Crippen LogP) is 3.51. The zero-order valence-corrected chi connectivity index (χ0v) is 18.4. The van der Waals surface area contributed by atoms with E-state index in [0.717, 1.165) is 15.6 Å². The number of carboxylic acids is 1. The Bertz CT molecular complexity index is 873. The van der Waals surface area contributed by atoms with Crippen LogP contribution in [0.15, 0.2) is 59.1 Å². The lowest BCUT2D eigenvalue weighted by atomic mass is 10.0. The van der Waals surface area contributed by atoms with E-state index in [2.05, 4.69) is 26.6 Å². The first kappa shape index (κ1) is 23.4. The molecule has 0 radical (unpaired) electrons. The Hall–Kier alpha value is -2.87.